The van der Waals surface area contributed by atoms with E-state index in [4.69, 9.17) is 5.11 Å². The van der Waals surface area contributed by atoms with E-state index in [9.17, 15) is 4.79 Å². The lowest BCUT2D eigenvalue weighted by Crippen LogP contribution is -2.00. The van der Waals surface area contributed by atoms with Crippen molar-refractivity contribution < 1.29 is 9.90 Å². The topological polar surface area (TPSA) is 118 Å². The molecule has 0 amide bonds. The molecule has 8 nitrogen and oxygen atoms in total. The number of benzene rings is 1. The maximum Gasteiger partial charge on any atom is 0.356 e. The van der Waals surface area contributed by atoms with Crippen molar-refractivity contribution in [3.05, 3.63) is 55.0 Å². The summed E-state index contributed by atoms with van der Waals surface area (Å²) in [5, 5.41) is 8.64. The van der Waals surface area contributed by atoms with Crippen LogP contribution in [0.2, 0.25) is 0 Å². The van der Waals surface area contributed by atoms with Crippen molar-refractivity contribution in [3.8, 4) is 0 Å². The lowest BCUT2D eigenvalue weighted by Gasteiger charge is -1.96. The largest absolute Gasteiger partial charge is 0.476 e. The molecule has 0 aliphatic heterocycles. The molecule has 1 aromatic carbocycles. The molecule has 0 bridgehead atoms. The summed E-state index contributed by atoms with van der Waals surface area (Å²) in [4.78, 5) is 32.9. The molecule has 2 N–H and O–H groups in total. The van der Waals surface area contributed by atoms with Gasteiger partial charge in [0.25, 0.3) is 0 Å². The van der Waals surface area contributed by atoms with Gasteiger partial charge in [-0.2, -0.15) is 0 Å². The van der Waals surface area contributed by atoms with Gasteiger partial charge in [0.15, 0.2) is 11.3 Å². The van der Waals surface area contributed by atoms with Crippen molar-refractivity contribution in [2.45, 2.75) is 0 Å². The molecule has 0 atom stereocenters. The Morgan fingerprint density at radius 2 is 1.86 bits per heavy atom. The first-order valence-electron chi connectivity index (χ1n) is 6.28. The van der Waals surface area contributed by atoms with Crippen LogP contribution in [0, 0.1) is 0 Å². The molecule has 0 fully saturated rings. The highest BCUT2D eigenvalue weighted by Crippen LogP contribution is 2.07. The van der Waals surface area contributed by atoms with E-state index in [-0.39, 0.29) is 5.69 Å². The number of hydrogen-bond acceptors (Lipinski definition) is 6. The molecule has 108 valence electrons. The predicted molar refractivity (Wildman–Crippen MR) is 78.2 cm³/mol. The number of nitrogens with one attached hydrogen (secondary N) is 1. The van der Waals surface area contributed by atoms with E-state index in [0.717, 1.165) is 5.52 Å². The van der Waals surface area contributed by atoms with Gasteiger partial charge >= 0.3 is 5.97 Å². The highest BCUT2D eigenvalue weighted by molar-refractivity contribution is 5.87. The Morgan fingerprint density at radius 1 is 1.05 bits per heavy atom. The van der Waals surface area contributed by atoms with Gasteiger partial charge < -0.3 is 10.1 Å². The van der Waals surface area contributed by atoms with E-state index in [1.165, 1.54) is 12.5 Å². The molecule has 0 saturated carbocycles. The second kappa shape index (κ2) is 5.92. The zero-order chi connectivity index (χ0) is 15.4. The quantitative estimate of drug-likeness (QED) is 0.548. The van der Waals surface area contributed by atoms with Gasteiger partial charge in [-0.1, -0.05) is 12.1 Å². The summed E-state index contributed by atoms with van der Waals surface area (Å²) in [5.74, 6) is -1.06. The zero-order valence-electron chi connectivity index (χ0n) is 11.2. The third-order valence-corrected chi connectivity index (χ3v) is 2.77. The van der Waals surface area contributed by atoms with Crippen molar-refractivity contribution >= 4 is 28.2 Å². The number of rotatable bonds is 1. The summed E-state index contributed by atoms with van der Waals surface area (Å²) in [6.07, 6.45) is 6.02. The Kier molecular flexibility index (Phi) is 3.65. The molecule has 0 spiro atoms. The average molecular weight is 294 g/mol. The maximum absolute atomic E-state index is 10.5. The van der Waals surface area contributed by atoms with Crippen LogP contribution in [0.1, 0.15) is 10.5 Å². The van der Waals surface area contributed by atoms with Crippen LogP contribution >= 0.6 is 0 Å². The summed E-state index contributed by atoms with van der Waals surface area (Å²) < 4.78 is 0. The van der Waals surface area contributed by atoms with Crippen LogP contribution in [0.5, 0.6) is 0 Å². The Balaban J connectivity index is 0.000000139. The molecule has 3 heterocycles. The standard InChI is InChI=1S/C9H6N2O2.C5H4N4/c12-9(13)8-5-10-6-3-1-2-4-7(6)11-8;1-4-5(8-2-6-1)9-3-7-4/h1-5H,(H,12,13);1-3H,(H,6,7,8,9). The third kappa shape index (κ3) is 2.85. The molecular weight excluding hydrogens is 284 g/mol. The maximum atomic E-state index is 10.5. The summed E-state index contributed by atoms with van der Waals surface area (Å²) in [6.45, 7) is 0. The number of nitrogens with zero attached hydrogens (tertiary/aromatic N) is 5. The summed E-state index contributed by atoms with van der Waals surface area (Å²) in [6, 6.07) is 7.14. The zero-order valence-corrected chi connectivity index (χ0v) is 11.2. The van der Waals surface area contributed by atoms with Crippen LogP contribution in [0.15, 0.2) is 49.3 Å². The number of fused-ring (bicyclic) bond motifs is 2. The van der Waals surface area contributed by atoms with E-state index < -0.39 is 5.97 Å². The van der Waals surface area contributed by atoms with Gasteiger partial charge in [0.05, 0.1) is 29.8 Å². The number of H-pyrrole nitrogens is 1. The Labute approximate surface area is 123 Å². The smallest absolute Gasteiger partial charge is 0.356 e. The number of hydrogen-bond donors (Lipinski definition) is 2. The first-order valence-corrected chi connectivity index (χ1v) is 6.28. The number of carboxylic acid groups (broad SMARTS) is 1. The summed E-state index contributed by atoms with van der Waals surface area (Å²) in [7, 11) is 0. The van der Waals surface area contributed by atoms with E-state index >= 15 is 0 Å². The van der Waals surface area contributed by atoms with Gasteiger partial charge in [-0.15, -0.1) is 0 Å². The van der Waals surface area contributed by atoms with Gasteiger partial charge in [-0.05, 0) is 12.1 Å². The fourth-order valence-corrected chi connectivity index (χ4v) is 1.75. The van der Waals surface area contributed by atoms with Gasteiger partial charge in [0.2, 0.25) is 0 Å². The average Bonchev–Trinajstić information content (AvgIpc) is 3.03. The molecule has 4 aromatic rings. The summed E-state index contributed by atoms with van der Waals surface area (Å²) >= 11 is 0. The SMILES string of the molecule is O=C(O)c1cnc2ccccc2n1.c1ncc2[nH]cnc2n1. The Bertz CT molecular complexity index is 906. The first-order chi connectivity index (χ1) is 10.7. The molecular formula is C14H10N6O2. The number of aromatic carboxylic acids is 1. The van der Waals surface area contributed by atoms with E-state index in [2.05, 4.69) is 29.9 Å². The second-order valence-corrected chi connectivity index (χ2v) is 4.21. The van der Waals surface area contributed by atoms with Crippen molar-refractivity contribution in [2.75, 3.05) is 0 Å². The van der Waals surface area contributed by atoms with Crippen LogP contribution in [-0.2, 0) is 0 Å². The number of aromatic nitrogens is 6. The monoisotopic (exact) mass is 294 g/mol. The minimum Gasteiger partial charge on any atom is -0.476 e. The molecule has 0 radical (unpaired) electrons. The highest BCUT2D eigenvalue weighted by Gasteiger charge is 2.05. The lowest BCUT2D eigenvalue weighted by atomic mass is 10.3. The number of para-hydroxylation sites is 2. The Hall–Kier alpha value is -3.42. The number of carboxylic acids is 1. The molecule has 22 heavy (non-hydrogen) atoms. The van der Waals surface area contributed by atoms with Gasteiger partial charge in [-0.3, -0.25) is 4.98 Å². The van der Waals surface area contributed by atoms with Crippen LogP contribution in [0.4, 0.5) is 0 Å². The second-order valence-electron chi connectivity index (χ2n) is 4.21. The molecule has 3 aromatic heterocycles. The van der Waals surface area contributed by atoms with E-state index in [0.29, 0.717) is 16.7 Å². The lowest BCUT2D eigenvalue weighted by molar-refractivity contribution is 0.0690. The molecule has 0 unspecified atom stereocenters. The van der Waals surface area contributed by atoms with Crippen molar-refractivity contribution in [1.82, 2.24) is 29.9 Å². The number of aromatic amines is 1. The first kappa shape index (κ1) is 13.6. The molecule has 0 aliphatic carbocycles. The van der Waals surface area contributed by atoms with Gasteiger partial charge in [-0.25, -0.2) is 24.7 Å². The fourth-order valence-electron chi connectivity index (χ4n) is 1.75. The third-order valence-electron chi connectivity index (χ3n) is 2.77. The van der Waals surface area contributed by atoms with E-state index in [1.54, 1.807) is 30.7 Å². The van der Waals surface area contributed by atoms with Gasteiger partial charge in [0.1, 0.15) is 11.8 Å². The van der Waals surface area contributed by atoms with Crippen LogP contribution in [0.3, 0.4) is 0 Å². The minimum atomic E-state index is -1.06. The van der Waals surface area contributed by atoms with Crippen molar-refractivity contribution in [2.24, 2.45) is 0 Å². The van der Waals surface area contributed by atoms with Crippen molar-refractivity contribution in [3.63, 3.8) is 0 Å². The Morgan fingerprint density at radius 3 is 2.64 bits per heavy atom. The van der Waals surface area contributed by atoms with E-state index in [1.807, 2.05) is 6.07 Å². The normalized spacial score (nSPS) is 10.2. The minimum absolute atomic E-state index is 0.0290. The fraction of sp³-hybridized carbons (Fsp3) is 0. The highest BCUT2D eigenvalue weighted by atomic mass is 16.4. The molecule has 0 saturated heterocycles. The van der Waals surface area contributed by atoms with Crippen LogP contribution in [-0.4, -0.2) is 41.0 Å². The number of carbonyl (C=O) groups is 1. The van der Waals surface area contributed by atoms with Crippen LogP contribution in [0.25, 0.3) is 22.2 Å². The summed E-state index contributed by atoms with van der Waals surface area (Å²) in [5.41, 5.74) is 2.86. The molecule has 0 aliphatic rings. The molecule has 8 heteroatoms. The van der Waals surface area contributed by atoms with Crippen LogP contribution < -0.4 is 0 Å². The predicted octanol–water partition coefficient (Wildman–Crippen LogP) is 1.68. The van der Waals surface area contributed by atoms with Gasteiger partial charge in [0, 0.05) is 0 Å². The molecule has 4 rings (SSSR count). The number of imidazole rings is 1. The van der Waals surface area contributed by atoms with Crippen molar-refractivity contribution in [1.29, 1.82) is 0 Å².